The Labute approximate surface area is 125 Å². The van der Waals surface area contributed by atoms with E-state index in [0.29, 0.717) is 6.42 Å². The number of benzene rings is 1. The normalized spacial score (nSPS) is 16.3. The van der Waals surface area contributed by atoms with E-state index in [1.165, 1.54) is 10.5 Å². The standard InChI is InChI=1S/C16H23N3O2/c1-11(2)18-15(20)10-19(3)16(21)8-12-9-17-14-7-5-4-6-13(12)14/h4-7,11-12,17H,8-10H2,1-3H3,(H,18,20). The number of nitrogens with zero attached hydrogens (tertiary/aromatic N) is 1. The number of nitrogens with one attached hydrogen (secondary N) is 2. The van der Waals surface area contributed by atoms with Crippen LogP contribution in [0.4, 0.5) is 5.69 Å². The van der Waals surface area contributed by atoms with Crippen LogP contribution in [0, 0.1) is 0 Å². The third-order valence-corrected chi connectivity index (χ3v) is 3.62. The van der Waals surface area contributed by atoms with Crippen molar-refractivity contribution >= 4 is 17.5 Å². The van der Waals surface area contributed by atoms with Gasteiger partial charge in [0, 0.05) is 37.7 Å². The van der Waals surface area contributed by atoms with E-state index < -0.39 is 0 Å². The lowest BCUT2D eigenvalue weighted by atomic mass is 9.97. The Morgan fingerprint density at radius 1 is 1.38 bits per heavy atom. The average Bonchev–Trinajstić information content (AvgIpc) is 2.81. The molecule has 2 amide bonds. The number of carbonyl (C=O) groups is 2. The first-order chi connectivity index (χ1) is 9.97. The first-order valence-corrected chi connectivity index (χ1v) is 7.33. The fourth-order valence-electron chi connectivity index (χ4n) is 2.58. The van der Waals surface area contributed by atoms with E-state index in [9.17, 15) is 9.59 Å². The summed E-state index contributed by atoms with van der Waals surface area (Å²) in [4.78, 5) is 25.4. The second kappa shape index (κ2) is 6.61. The lowest BCUT2D eigenvalue weighted by Gasteiger charge is -2.19. The van der Waals surface area contributed by atoms with Crippen molar-refractivity contribution in [2.75, 3.05) is 25.5 Å². The van der Waals surface area contributed by atoms with Gasteiger partial charge in [-0.05, 0) is 25.5 Å². The molecule has 1 aliphatic rings. The summed E-state index contributed by atoms with van der Waals surface area (Å²) in [5.74, 6) is 0.0625. The van der Waals surface area contributed by atoms with E-state index in [2.05, 4.69) is 16.7 Å². The van der Waals surface area contributed by atoms with Gasteiger partial charge >= 0.3 is 0 Å². The highest BCUT2D eigenvalue weighted by atomic mass is 16.2. The maximum absolute atomic E-state index is 12.2. The van der Waals surface area contributed by atoms with Crippen LogP contribution in [0.25, 0.3) is 0 Å². The Bertz CT molecular complexity index is 528. The third-order valence-electron chi connectivity index (χ3n) is 3.62. The van der Waals surface area contributed by atoms with Crippen LogP contribution in [0.1, 0.15) is 31.7 Å². The molecule has 1 heterocycles. The number of rotatable bonds is 5. The molecule has 21 heavy (non-hydrogen) atoms. The number of para-hydroxylation sites is 1. The topological polar surface area (TPSA) is 61.4 Å². The third kappa shape index (κ3) is 3.97. The van der Waals surface area contributed by atoms with Crippen LogP contribution in [0.2, 0.25) is 0 Å². The molecular weight excluding hydrogens is 266 g/mol. The highest BCUT2D eigenvalue weighted by Crippen LogP contribution is 2.33. The van der Waals surface area contributed by atoms with Crippen molar-refractivity contribution in [1.82, 2.24) is 10.2 Å². The van der Waals surface area contributed by atoms with Gasteiger partial charge in [0.2, 0.25) is 11.8 Å². The summed E-state index contributed by atoms with van der Waals surface area (Å²) in [5, 5.41) is 6.10. The molecule has 0 saturated carbocycles. The highest BCUT2D eigenvalue weighted by Gasteiger charge is 2.25. The van der Waals surface area contributed by atoms with Gasteiger partial charge in [0.1, 0.15) is 0 Å². The Morgan fingerprint density at radius 2 is 2.10 bits per heavy atom. The summed E-state index contributed by atoms with van der Waals surface area (Å²) in [6.07, 6.45) is 0.426. The average molecular weight is 289 g/mol. The monoisotopic (exact) mass is 289 g/mol. The summed E-state index contributed by atoms with van der Waals surface area (Å²) in [6, 6.07) is 8.15. The second-order valence-electron chi connectivity index (χ2n) is 5.84. The maximum Gasteiger partial charge on any atom is 0.239 e. The molecule has 1 atom stereocenters. The molecule has 1 aromatic rings. The molecule has 0 spiro atoms. The number of hydrogen-bond acceptors (Lipinski definition) is 3. The Kier molecular flexibility index (Phi) is 4.83. The van der Waals surface area contributed by atoms with Crippen molar-refractivity contribution in [2.45, 2.75) is 32.2 Å². The number of likely N-dealkylation sites (N-methyl/N-ethyl adjacent to an activating group) is 1. The molecule has 0 aliphatic carbocycles. The SMILES string of the molecule is CC(C)NC(=O)CN(C)C(=O)CC1CNc2ccccc21. The summed E-state index contributed by atoms with van der Waals surface area (Å²) >= 11 is 0. The van der Waals surface area contributed by atoms with Gasteiger partial charge in [-0.3, -0.25) is 9.59 Å². The minimum absolute atomic E-state index is 0.00240. The lowest BCUT2D eigenvalue weighted by Crippen LogP contribution is -2.41. The summed E-state index contributed by atoms with van der Waals surface area (Å²) in [7, 11) is 1.68. The maximum atomic E-state index is 12.2. The Balaban J connectivity index is 1.89. The first kappa shape index (κ1) is 15.4. The molecule has 2 rings (SSSR count). The fraction of sp³-hybridized carbons (Fsp3) is 0.500. The van der Waals surface area contributed by atoms with E-state index >= 15 is 0 Å². The molecule has 114 valence electrons. The van der Waals surface area contributed by atoms with Crippen LogP contribution in [0.3, 0.4) is 0 Å². The van der Waals surface area contributed by atoms with E-state index in [1.54, 1.807) is 7.05 Å². The zero-order valence-electron chi connectivity index (χ0n) is 12.8. The smallest absolute Gasteiger partial charge is 0.239 e. The van der Waals surface area contributed by atoms with E-state index in [-0.39, 0.29) is 30.3 Å². The van der Waals surface area contributed by atoms with Crippen molar-refractivity contribution < 1.29 is 9.59 Å². The van der Waals surface area contributed by atoms with Gasteiger partial charge < -0.3 is 15.5 Å². The van der Waals surface area contributed by atoms with Crippen LogP contribution in [0.15, 0.2) is 24.3 Å². The summed E-state index contributed by atoms with van der Waals surface area (Å²) in [6.45, 7) is 4.69. The first-order valence-electron chi connectivity index (χ1n) is 7.33. The Morgan fingerprint density at radius 3 is 2.81 bits per heavy atom. The number of anilines is 1. The van der Waals surface area contributed by atoms with Gasteiger partial charge in [0.25, 0.3) is 0 Å². The second-order valence-corrected chi connectivity index (χ2v) is 5.84. The Hall–Kier alpha value is -2.04. The van der Waals surface area contributed by atoms with Crippen LogP contribution in [-0.4, -0.2) is 42.9 Å². The number of carbonyl (C=O) groups excluding carboxylic acids is 2. The molecule has 0 bridgehead atoms. The fourth-order valence-corrected chi connectivity index (χ4v) is 2.58. The van der Waals surface area contributed by atoms with Gasteiger partial charge in [0.15, 0.2) is 0 Å². The van der Waals surface area contributed by atoms with Crippen molar-refractivity contribution in [2.24, 2.45) is 0 Å². The van der Waals surface area contributed by atoms with Gasteiger partial charge in [-0.1, -0.05) is 18.2 Å². The predicted octanol–water partition coefficient (Wildman–Crippen LogP) is 1.57. The zero-order valence-corrected chi connectivity index (χ0v) is 12.8. The van der Waals surface area contributed by atoms with Crippen molar-refractivity contribution in [3.63, 3.8) is 0 Å². The van der Waals surface area contributed by atoms with E-state index in [4.69, 9.17) is 0 Å². The molecule has 0 fully saturated rings. The molecule has 5 nitrogen and oxygen atoms in total. The number of amides is 2. The summed E-state index contributed by atoms with van der Waals surface area (Å²) < 4.78 is 0. The van der Waals surface area contributed by atoms with Gasteiger partial charge in [-0.2, -0.15) is 0 Å². The molecule has 1 aromatic carbocycles. The quantitative estimate of drug-likeness (QED) is 0.865. The largest absolute Gasteiger partial charge is 0.384 e. The molecule has 1 unspecified atom stereocenters. The molecule has 1 aliphatic heterocycles. The van der Waals surface area contributed by atoms with Crippen molar-refractivity contribution in [3.8, 4) is 0 Å². The van der Waals surface area contributed by atoms with Crippen molar-refractivity contribution in [3.05, 3.63) is 29.8 Å². The molecule has 5 heteroatoms. The van der Waals surface area contributed by atoms with Gasteiger partial charge in [0.05, 0.1) is 6.54 Å². The molecule has 2 N–H and O–H groups in total. The minimum Gasteiger partial charge on any atom is -0.384 e. The number of fused-ring (bicyclic) bond motifs is 1. The summed E-state index contributed by atoms with van der Waals surface area (Å²) in [5.41, 5.74) is 2.29. The van der Waals surface area contributed by atoms with Crippen molar-refractivity contribution in [1.29, 1.82) is 0 Å². The van der Waals surface area contributed by atoms with Crippen LogP contribution in [0.5, 0.6) is 0 Å². The number of hydrogen-bond donors (Lipinski definition) is 2. The highest BCUT2D eigenvalue weighted by molar-refractivity contribution is 5.85. The van der Waals surface area contributed by atoms with Gasteiger partial charge in [-0.15, -0.1) is 0 Å². The van der Waals surface area contributed by atoms with E-state index in [0.717, 1.165) is 12.2 Å². The van der Waals surface area contributed by atoms with Crippen LogP contribution >= 0.6 is 0 Å². The van der Waals surface area contributed by atoms with Gasteiger partial charge in [-0.25, -0.2) is 0 Å². The molecule has 0 aromatic heterocycles. The lowest BCUT2D eigenvalue weighted by molar-refractivity contribution is -0.135. The van der Waals surface area contributed by atoms with E-state index in [1.807, 2.05) is 32.0 Å². The minimum atomic E-state index is -0.120. The predicted molar refractivity (Wildman–Crippen MR) is 83.2 cm³/mol. The zero-order chi connectivity index (χ0) is 15.4. The molecule has 0 saturated heterocycles. The molecular formula is C16H23N3O2. The molecule has 0 radical (unpaired) electrons. The van der Waals surface area contributed by atoms with Crippen LogP contribution in [-0.2, 0) is 9.59 Å². The van der Waals surface area contributed by atoms with Crippen LogP contribution < -0.4 is 10.6 Å².